The van der Waals surface area contributed by atoms with E-state index in [1.165, 1.54) is 6.92 Å². The Morgan fingerprint density at radius 1 is 1.47 bits per heavy atom. The highest BCUT2D eigenvalue weighted by molar-refractivity contribution is 7.80. The van der Waals surface area contributed by atoms with Gasteiger partial charge in [0.15, 0.2) is 11.6 Å². The van der Waals surface area contributed by atoms with Crippen LogP contribution < -0.4 is 0 Å². The van der Waals surface area contributed by atoms with Gasteiger partial charge in [-0.15, -0.1) is 0 Å². The molecule has 0 aliphatic carbocycles. The van der Waals surface area contributed by atoms with Crippen molar-refractivity contribution in [2.24, 2.45) is 0 Å². The van der Waals surface area contributed by atoms with E-state index in [1.807, 2.05) is 28.8 Å². The van der Waals surface area contributed by atoms with Gasteiger partial charge in [0, 0.05) is 19.2 Å². The monoisotopic (exact) mass is 220 g/mol. The average molecular weight is 220 g/mol. The third-order valence-corrected chi connectivity index (χ3v) is 2.49. The predicted molar refractivity (Wildman–Crippen MR) is 63.6 cm³/mol. The minimum atomic E-state index is -0.00650. The summed E-state index contributed by atoms with van der Waals surface area (Å²) in [4.78, 5) is 15.7. The molecule has 1 aromatic carbocycles. The number of hydrogen-bond donors (Lipinski definition) is 1. The van der Waals surface area contributed by atoms with Crippen molar-refractivity contribution in [3.8, 4) is 0 Å². The van der Waals surface area contributed by atoms with Crippen molar-refractivity contribution < 1.29 is 4.79 Å². The minimum absolute atomic E-state index is 0.00650. The molecule has 2 aromatic rings. The van der Waals surface area contributed by atoms with Crippen LogP contribution in [0.1, 0.15) is 17.5 Å². The van der Waals surface area contributed by atoms with Crippen molar-refractivity contribution in [2.75, 3.05) is 5.75 Å². The van der Waals surface area contributed by atoms with E-state index in [-0.39, 0.29) is 5.78 Å². The Bertz CT molecular complexity index is 504. The SMILES string of the molecule is CC(=O)c1nc2ccccc2n1CCS. The maximum atomic E-state index is 11.4. The molecular formula is C11H12N2OS. The highest BCUT2D eigenvalue weighted by atomic mass is 32.1. The molecule has 1 aromatic heterocycles. The summed E-state index contributed by atoms with van der Waals surface area (Å²) in [6.07, 6.45) is 0. The number of para-hydroxylation sites is 2. The second-order valence-electron chi connectivity index (χ2n) is 3.36. The van der Waals surface area contributed by atoms with Gasteiger partial charge in [0.05, 0.1) is 11.0 Å². The smallest absolute Gasteiger partial charge is 0.195 e. The summed E-state index contributed by atoms with van der Waals surface area (Å²) in [5.41, 5.74) is 1.86. The Morgan fingerprint density at radius 3 is 2.87 bits per heavy atom. The summed E-state index contributed by atoms with van der Waals surface area (Å²) >= 11 is 4.19. The maximum absolute atomic E-state index is 11.4. The zero-order valence-electron chi connectivity index (χ0n) is 8.47. The molecule has 15 heavy (non-hydrogen) atoms. The first kappa shape index (κ1) is 10.2. The first-order chi connectivity index (χ1) is 7.24. The molecule has 4 heteroatoms. The van der Waals surface area contributed by atoms with Gasteiger partial charge in [-0.05, 0) is 12.1 Å². The normalized spacial score (nSPS) is 10.8. The summed E-state index contributed by atoms with van der Waals surface area (Å²) in [6, 6.07) is 7.75. The fraction of sp³-hybridized carbons (Fsp3) is 0.273. The lowest BCUT2D eigenvalue weighted by Gasteiger charge is -2.04. The molecule has 0 spiro atoms. The third-order valence-electron chi connectivity index (χ3n) is 2.29. The van der Waals surface area contributed by atoms with E-state index < -0.39 is 0 Å². The number of carbonyl (C=O) groups is 1. The van der Waals surface area contributed by atoms with Crippen LogP contribution in [0.25, 0.3) is 11.0 Å². The van der Waals surface area contributed by atoms with E-state index in [4.69, 9.17) is 0 Å². The first-order valence-electron chi connectivity index (χ1n) is 4.81. The van der Waals surface area contributed by atoms with E-state index in [2.05, 4.69) is 17.6 Å². The molecule has 2 rings (SSSR count). The quantitative estimate of drug-likeness (QED) is 0.635. The van der Waals surface area contributed by atoms with E-state index in [1.54, 1.807) is 0 Å². The number of hydrogen-bond acceptors (Lipinski definition) is 3. The number of nitrogens with zero attached hydrogens (tertiary/aromatic N) is 2. The molecule has 0 saturated heterocycles. The number of rotatable bonds is 3. The van der Waals surface area contributed by atoms with Crippen LogP contribution in [0.2, 0.25) is 0 Å². The molecule has 0 fully saturated rings. The van der Waals surface area contributed by atoms with Crippen LogP contribution in [-0.2, 0) is 6.54 Å². The number of thiol groups is 1. The van der Waals surface area contributed by atoms with Gasteiger partial charge in [-0.25, -0.2) is 4.98 Å². The van der Waals surface area contributed by atoms with E-state index in [0.29, 0.717) is 18.1 Å². The lowest BCUT2D eigenvalue weighted by atomic mass is 10.3. The molecule has 0 atom stereocenters. The lowest BCUT2D eigenvalue weighted by molar-refractivity contribution is 0.1000. The first-order valence-corrected chi connectivity index (χ1v) is 5.44. The molecule has 3 nitrogen and oxygen atoms in total. The molecule has 0 aliphatic heterocycles. The Hall–Kier alpha value is -1.29. The van der Waals surface area contributed by atoms with E-state index in [0.717, 1.165) is 11.0 Å². The third kappa shape index (κ3) is 1.77. The van der Waals surface area contributed by atoms with Crippen molar-refractivity contribution in [3.05, 3.63) is 30.1 Å². The van der Waals surface area contributed by atoms with Crippen LogP contribution in [0.4, 0.5) is 0 Å². The topological polar surface area (TPSA) is 34.9 Å². The summed E-state index contributed by atoms with van der Waals surface area (Å²) < 4.78 is 1.92. The highest BCUT2D eigenvalue weighted by Crippen LogP contribution is 2.16. The van der Waals surface area contributed by atoms with E-state index >= 15 is 0 Å². The number of fused-ring (bicyclic) bond motifs is 1. The second kappa shape index (κ2) is 4.06. The van der Waals surface area contributed by atoms with Gasteiger partial charge >= 0.3 is 0 Å². The van der Waals surface area contributed by atoms with Gasteiger partial charge in [0.25, 0.3) is 0 Å². The minimum Gasteiger partial charge on any atom is -0.321 e. The van der Waals surface area contributed by atoms with Crippen LogP contribution in [0.15, 0.2) is 24.3 Å². The number of ketones is 1. The van der Waals surface area contributed by atoms with Gasteiger partial charge in [-0.3, -0.25) is 4.79 Å². The lowest BCUT2D eigenvalue weighted by Crippen LogP contribution is -2.08. The van der Waals surface area contributed by atoms with Crippen LogP contribution in [0.3, 0.4) is 0 Å². The number of benzene rings is 1. The molecule has 1 heterocycles. The largest absolute Gasteiger partial charge is 0.321 e. The summed E-state index contributed by atoms with van der Waals surface area (Å²) in [5.74, 6) is 1.21. The van der Waals surface area contributed by atoms with E-state index in [9.17, 15) is 4.79 Å². The van der Waals surface area contributed by atoms with Crippen LogP contribution in [0, 0.1) is 0 Å². The number of carbonyl (C=O) groups excluding carboxylic acids is 1. The van der Waals surface area contributed by atoms with Crippen molar-refractivity contribution in [1.82, 2.24) is 9.55 Å². The van der Waals surface area contributed by atoms with Gasteiger partial charge in [-0.1, -0.05) is 12.1 Å². The predicted octanol–water partition coefficient (Wildman–Crippen LogP) is 2.17. The fourth-order valence-electron chi connectivity index (χ4n) is 1.67. The van der Waals surface area contributed by atoms with Gasteiger partial charge < -0.3 is 4.57 Å². The number of aryl methyl sites for hydroxylation is 1. The maximum Gasteiger partial charge on any atom is 0.195 e. The second-order valence-corrected chi connectivity index (χ2v) is 3.80. The van der Waals surface area contributed by atoms with Gasteiger partial charge in [0.2, 0.25) is 0 Å². The van der Waals surface area contributed by atoms with Crippen molar-refractivity contribution >= 4 is 29.4 Å². The molecule has 0 unspecified atom stereocenters. The molecular weight excluding hydrogens is 208 g/mol. The fourth-order valence-corrected chi connectivity index (χ4v) is 1.87. The summed E-state index contributed by atoms with van der Waals surface area (Å²) in [7, 11) is 0. The molecule has 0 amide bonds. The number of imidazole rings is 1. The Labute approximate surface area is 93.5 Å². The highest BCUT2D eigenvalue weighted by Gasteiger charge is 2.12. The Balaban J connectivity index is 2.68. The van der Waals surface area contributed by atoms with Crippen LogP contribution in [-0.4, -0.2) is 21.1 Å². The average Bonchev–Trinajstić information content (AvgIpc) is 2.58. The zero-order chi connectivity index (χ0) is 10.8. The molecule has 0 radical (unpaired) electrons. The van der Waals surface area contributed by atoms with Crippen LogP contribution >= 0.6 is 12.6 Å². The van der Waals surface area contributed by atoms with Crippen molar-refractivity contribution in [3.63, 3.8) is 0 Å². The molecule has 0 aliphatic rings. The molecule has 78 valence electrons. The standard InChI is InChI=1S/C11H12N2OS/c1-8(14)11-12-9-4-2-3-5-10(9)13(11)6-7-15/h2-5,15H,6-7H2,1H3. The summed E-state index contributed by atoms with van der Waals surface area (Å²) in [6.45, 7) is 2.24. The number of Topliss-reactive ketones (excluding diaryl/α,β-unsaturated/α-hetero) is 1. The van der Waals surface area contributed by atoms with Crippen molar-refractivity contribution in [1.29, 1.82) is 0 Å². The van der Waals surface area contributed by atoms with Crippen LogP contribution in [0.5, 0.6) is 0 Å². The van der Waals surface area contributed by atoms with Gasteiger partial charge in [0.1, 0.15) is 0 Å². The Kier molecular flexibility index (Phi) is 2.77. The molecule has 0 saturated carbocycles. The van der Waals surface area contributed by atoms with Crippen molar-refractivity contribution in [2.45, 2.75) is 13.5 Å². The van der Waals surface area contributed by atoms with Gasteiger partial charge in [-0.2, -0.15) is 12.6 Å². The molecule has 0 N–H and O–H groups in total. The summed E-state index contributed by atoms with van der Waals surface area (Å²) in [5, 5.41) is 0. The molecule has 0 bridgehead atoms. The zero-order valence-corrected chi connectivity index (χ0v) is 9.37. The number of aromatic nitrogens is 2. The Morgan fingerprint density at radius 2 is 2.20 bits per heavy atom.